The molecule has 0 aliphatic carbocycles. The zero-order chi connectivity index (χ0) is 13.2. The summed E-state index contributed by atoms with van der Waals surface area (Å²) in [5, 5.41) is 0. The Kier molecular flexibility index (Phi) is 3.42. The van der Waals surface area contributed by atoms with E-state index in [1.807, 2.05) is 48.5 Å². The van der Waals surface area contributed by atoms with Gasteiger partial charge in [-0.2, -0.15) is 0 Å². The molecule has 2 aromatic carbocycles. The first kappa shape index (κ1) is 12.5. The lowest BCUT2D eigenvalue weighted by molar-refractivity contribution is 0.0976. The Morgan fingerprint density at radius 1 is 1.16 bits per heavy atom. The van der Waals surface area contributed by atoms with E-state index in [0.29, 0.717) is 18.7 Å². The molecule has 0 fully saturated rings. The van der Waals surface area contributed by atoms with E-state index in [-0.39, 0.29) is 5.91 Å². The molecule has 0 bridgehead atoms. The molecule has 4 heteroatoms. The quantitative estimate of drug-likeness (QED) is 0.726. The van der Waals surface area contributed by atoms with Crippen molar-refractivity contribution >= 4 is 34.2 Å². The molecular weight excluding hydrogens is 353 g/mol. The van der Waals surface area contributed by atoms with Crippen molar-refractivity contribution in [2.75, 3.05) is 18.1 Å². The summed E-state index contributed by atoms with van der Waals surface area (Å²) in [5.74, 6) is 0.800. The zero-order valence-corrected chi connectivity index (χ0v) is 12.3. The van der Waals surface area contributed by atoms with Crippen molar-refractivity contribution in [1.82, 2.24) is 0 Å². The standard InChI is InChI=1S/C15H12INO2/c16-12-6-7-13-14(10-12)19-9-8-17(13)15(18)11-4-2-1-3-5-11/h1-7,10H,8-9H2. The molecule has 0 aromatic heterocycles. The van der Waals surface area contributed by atoms with E-state index in [4.69, 9.17) is 4.74 Å². The molecule has 1 amide bonds. The van der Waals surface area contributed by atoms with E-state index in [1.54, 1.807) is 4.90 Å². The van der Waals surface area contributed by atoms with Crippen molar-refractivity contribution in [1.29, 1.82) is 0 Å². The van der Waals surface area contributed by atoms with Crippen LogP contribution in [0, 0.1) is 3.57 Å². The van der Waals surface area contributed by atoms with Gasteiger partial charge in [0, 0.05) is 9.13 Å². The molecule has 1 aliphatic rings. The fraction of sp³-hybridized carbons (Fsp3) is 0.133. The van der Waals surface area contributed by atoms with Gasteiger partial charge in [-0.3, -0.25) is 4.79 Å². The minimum Gasteiger partial charge on any atom is -0.489 e. The average molecular weight is 365 g/mol. The molecule has 0 spiro atoms. The predicted octanol–water partition coefficient (Wildman–Crippen LogP) is 3.33. The third-order valence-electron chi connectivity index (χ3n) is 3.05. The van der Waals surface area contributed by atoms with Gasteiger partial charge >= 0.3 is 0 Å². The highest BCUT2D eigenvalue weighted by atomic mass is 127. The van der Waals surface area contributed by atoms with Gasteiger partial charge in [-0.1, -0.05) is 18.2 Å². The van der Waals surface area contributed by atoms with Gasteiger partial charge < -0.3 is 9.64 Å². The number of nitrogens with zero attached hydrogens (tertiary/aromatic N) is 1. The molecule has 1 aliphatic heterocycles. The van der Waals surface area contributed by atoms with Crippen LogP contribution in [-0.4, -0.2) is 19.1 Å². The fourth-order valence-corrected chi connectivity index (χ4v) is 2.60. The molecule has 1 heterocycles. The van der Waals surface area contributed by atoms with E-state index in [1.165, 1.54) is 0 Å². The average Bonchev–Trinajstić information content (AvgIpc) is 2.46. The highest BCUT2D eigenvalue weighted by Crippen LogP contribution is 2.33. The highest BCUT2D eigenvalue weighted by Gasteiger charge is 2.24. The Morgan fingerprint density at radius 2 is 1.95 bits per heavy atom. The van der Waals surface area contributed by atoms with Gasteiger partial charge in [0.25, 0.3) is 5.91 Å². The Bertz CT molecular complexity index is 613. The van der Waals surface area contributed by atoms with Crippen LogP contribution in [0.4, 0.5) is 5.69 Å². The van der Waals surface area contributed by atoms with Crippen LogP contribution in [0.15, 0.2) is 48.5 Å². The van der Waals surface area contributed by atoms with Crippen LogP contribution in [0.25, 0.3) is 0 Å². The van der Waals surface area contributed by atoms with Crippen LogP contribution >= 0.6 is 22.6 Å². The number of amides is 1. The molecule has 19 heavy (non-hydrogen) atoms. The number of anilines is 1. The van der Waals surface area contributed by atoms with Crippen LogP contribution in [0.2, 0.25) is 0 Å². The Hall–Kier alpha value is -1.56. The van der Waals surface area contributed by atoms with Gasteiger partial charge in [-0.15, -0.1) is 0 Å². The third-order valence-corrected chi connectivity index (χ3v) is 3.72. The zero-order valence-electron chi connectivity index (χ0n) is 10.2. The van der Waals surface area contributed by atoms with Gasteiger partial charge in [0.1, 0.15) is 12.4 Å². The monoisotopic (exact) mass is 365 g/mol. The summed E-state index contributed by atoms with van der Waals surface area (Å²) < 4.78 is 6.72. The number of hydrogen-bond donors (Lipinski definition) is 0. The first-order valence-corrected chi connectivity index (χ1v) is 7.13. The van der Waals surface area contributed by atoms with Crippen molar-refractivity contribution in [2.24, 2.45) is 0 Å². The number of benzene rings is 2. The molecule has 3 nitrogen and oxygen atoms in total. The van der Waals surface area contributed by atoms with Crippen LogP contribution in [0.5, 0.6) is 5.75 Å². The fourth-order valence-electron chi connectivity index (χ4n) is 2.14. The van der Waals surface area contributed by atoms with Crippen LogP contribution < -0.4 is 9.64 Å². The molecule has 0 radical (unpaired) electrons. The molecule has 3 rings (SSSR count). The highest BCUT2D eigenvalue weighted by molar-refractivity contribution is 14.1. The lowest BCUT2D eigenvalue weighted by atomic mass is 10.1. The smallest absolute Gasteiger partial charge is 0.258 e. The molecule has 0 unspecified atom stereocenters. The van der Waals surface area contributed by atoms with Crippen LogP contribution in [-0.2, 0) is 0 Å². The second kappa shape index (κ2) is 5.21. The Labute approximate surface area is 125 Å². The normalized spacial score (nSPS) is 13.6. The summed E-state index contributed by atoms with van der Waals surface area (Å²) in [4.78, 5) is 14.3. The minimum absolute atomic E-state index is 0.0198. The lowest BCUT2D eigenvalue weighted by Gasteiger charge is -2.29. The molecular formula is C15H12INO2. The van der Waals surface area contributed by atoms with E-state index in [0.717, 1.165) is 15.0 Å². The maximum absolute atomic E-state index is 12.5. The summed E-state index contributed by atoms with van der Waals surface area (Å²) >= 11 is 2.24. The molecule has 2 aromatic rings. The summed E-state index contributed by atoms with van der Waals surface area (Å²) in [7, 11) is 0. The van der Waals surface area contributed by atoms with Gasteiger partial charge in [-0.25, -0.2) is 0 Å². The van der Waals surface area contributed by atoms with Crippen molar-refractivity contribution in [3.05, 3.63) is 57.7 Å². The van der Waals surface area contributed by atoms with Crippen molar-refractivity contribution in [2.45, 2.75) is 0 Å². The van der Waals surface area contributed by atoms with Gasteiger partial charge in [-0.05, 0) is 52.9 Å². The van der Waals surface area contributed by atoms with Gasteiger partial charge in [0.15, 0.2) is 0 Å². The summed E-state index contributed by atoms with van der Waals surface area (Å²) in [6.07, 6.45) is 0. The van der Waals surface area contributed by atoms with E-state index in [2.05, 4.69) is 22.6 Å². The second-order valence-corrected chi connectivity index (χ2v) is 5.53. The Morgan fingerprint density at radius 3 is 2.74 bits per heavy atom. The number of fused-ring (bicyclic) bond motifs is 1. The number of halogens is 1. The first-order valence-electron chi connectivity index (χ1n) is 6.05. The van der Waals surface area contributed by atoms with Crippen molar-refractivity contribution < 1.29 is 9.53 Å². The maximum atomic E-state index is 12.5. The predicted molar refractivity (Wildman–Crippen MR) is 82.8 cm³/mol. The largest absolute Gasteiger partial charge is 0.489 e. The summed E-state index contributed by atoms with van der Waals surface area (Å²) in [6, 6.07) is 15.2. The number of carbonyl (C=O) groups is 1. The molecule has 0 atom stereocenters. The molecule has 96 valence electrons. The SMILES string of the molecule is O=C(c1ccccc1)N1CCOc2cc(I)ccc21. The third kappa shape index (κ3) is 2.45. The maximum Gasteiger partial charge on any atom is 0.258 e. The number of ether oxygens (including phenoxy) is 1. The van der Waals surface area contributed by atoms with Gasteiger partial charge in [0.2, 0.25) is 0 Å². The molecule has 0 N–H and O–H groups in total. The number of rotatable bonds is 1. The number of carbonyl (C=O) groups excluding carboxylic acids is 1. The first-order chi connectivity index (χ1) is 9.25. The van der Waals surface area contributed by atoms with Crippen LogP contribution in [0.1, 0.15) is 10.4 Å². The van der Waals surface area contributed by atoms with Gasteiger partial charge in [0.05, 0.1) is 12.2 Å². The summed E-state index contributed by atoms with van der Waals surface area (Å²) in [5.41, 5.74) is 1.55. The second-order valence-electron chi connectivity index (χ2n) is 4.28. The topological polar surface area (TPSA) is 29.5 Å². The van der Waals surface area contributed by atoms with E-state index >= 15 is 0 Å². The van der Waals surface area contributed by atoms with E-state index in [9.17, 15) is 4.79 Å². The van der Waals surface area contributed by atoms with Crippen molar-refractivity contribution in [3.63, 3.8) is 0 Å². The minimum atomic E-state index is 0.0198. The van der Waals surface area contributed by atoms with Crippen LogP contribution in [0.3, 0.4) is 0 Å². The number of hydrogen-bond acceptors (Lipinski definition) is 2. The molecule has 0 saturated heterocycles. The summed E-state index contributed by atoms with van der Waals surface area (Å²) in [6.45, 7) is 1.12. The Balaban J connectivity index is 1.98. The van der Waals surface area contributed by atoms with E-state index < -0.39 is 0 Å². The molecule has 0 saturated carbocycles. The van der Waals surface area contributed by atoms with Crippen molar-refractivity contribution in [3.8, 4) is 5.75 Å². The lowest BCUT2D eigenvalue weighted by Crippen LogP contribution is -2.37.